The lowest BCUT2D eigenvalue weighted by atomic mass is 9.83. The minimum absolute atomic E-state index is 0.0423. The van der Waals surface area contributed by atoms with Crippen molar-refractivity contribution in [3.05, 3.63) is 34.9 Å². The van der Waals surface area contributed by atoms with E-state index in [4.69, 9.17) is 20.4 Å². The van der Waals surface area contributed by atoms with E-state index in [1.165, 1.54) is 18.2 Å². The van der Waals surface area contributed by atoms with Crippen molar-refractivity contribution < 1.29 is 60.6 Å². The largest absolute Gasteiger partial charge is 0.481 e. The Kier molecular flexibility index (Phi) is 6.36. The molecule has 0 amide bonds. The van der Waals surface area contributed by atoms with Gasteiger partial charge in [0.05, 0.1) is 5.92 Å². The number of rotatable bonds is 8. The van der Waals surface area contributed by atoms with E-state index in [0.717, 1.165) is 11.1 Å². The Bertz CT molecular complexity index is 943. The highest BCUT2D eigenvalue weighted by molar-refractivity contribution is 5.71. The summed E-state index contributed by atoms with van der Waals surface area (Å²) in [6, 6.07) is 4.07. The molecule has 1 aliphatic heterocycles. The van der Waals surface area contributed by atoms with Gasteiger partial charge in [0.15, 0.2) is 0 Å². The van der Waals surface area contributed by atoms with Crippen molar-refractivity contribution in [2.45, 2.75) is 36.9 Å². The Morgan fingerprint density at radius 3 is 2.18 bits per heavy atom. The maximum absolute atomic E-state index is 11.0. The second kappa shape index (κ2) is 8.25. The molecule has 1 aromatic carbocycles. The van der Waals surface area contributed by atoms with Crippen LogP contribution >= 0.6 is 0 Å². The Hall–Kier alpha value is -2.17. The molecule has 33 heavy (non-hydrogen) atoms. The molecule has 1 heterocycles. The van der Waals surface area contributed by atoms with Gasteiger partial charge in [0.1, 0.15) is 5.75 Å². The summed E-state index contributed by atoms with van der Waals surface area (Å²) >= 11 is 0. The normalized spacial score (nSPS) is 20.7. The Morgan fingerprint density at radius 1 is 1.03 bits per heavy atom. The average Bonchev–Trinajstić information content (AvgIpc) is 2.62. The summed E-state index contributed by atoms with van der Waals surface area (Å²) in [6.07, 6.45) is 2.39. The highest BCUT2D eigenvalue weighted by atomic mass is 16.8. The third kappa shape index (κ3) is 4.61. The number of carboxylic acid groups (broad SMARTS) is 1. The van der Waals surface area contributed by atoms with Crippen LogP contribution in [0.5, 0.6) is 5.75 Å². The van der Waals surface area contributed by atoms with Gasteiger partial charge in [-0.25, -0.2) is 0 Å². The first-order valence-corrected chi connectivity index (χ1v) is 9.95. The van der Waals surface area contributed by atoms with E-state index in [1.807, 2.05) is 17.9 Å². The summed E-state index contributed by atoms with van der Waals surface area (Å²) in [5.74, 6) is -19.6. The molecule has 0 unspecified atom stereocenters. The first-order chi connectivity index (χ1) is 15.0. The van der Waals surface area contributed by atoms with Crippen LogP contribution < -0.4 is 4.74 Å². The van der Waals surface area contributed by atoms with Crippen LogP contribution in [0.3, 0.4) is 0 Å². The molecule has 1 fully saturated rings. The third-order valence-corrected chi connectivity index (χ3v) is 6.00. The van der Waals surface area contributed by atoms with E-state index in [9.17, 15) is 35.4 Å². The molecule has 10 N–H and O–H groups in total. The van der Waals surface area contributed by atoms with Crippen molar-refractivity contribution in [3.8, 4) is 5.75 Å². The Balaban J connectivity index is 1.76. The lowest BCUT2D eigenvalue weighted by Gasteiger charge is -2.43. The van der Waals surface area contributed by atoms with Gasteiger partial charge in [-0.2, -0.15) is 0 Å². The lowest BCUT2D eigenvalue weighted by Crippen LogP contribution is -2.77. The fourth-order valence-electron chi connectivity index (χ4n) is 3.78. The summed E-state index contributed by atoms with van der Waals surface area (Å²) in [4.78, 5) is 13.0. The Labute approximate surface area is 187 Å². The average molecular weight is 473 g/mol. The van der Waals surface area contributed by atoms with E-state index < -0.39 is 29.5 Å². The summed E-state index contributed by atoms with van der Waals surface area (Å²) in [5, 5.41) is 94.0. The van der Waals surface area contributed by atoms with Gasteiger partial charge in [-0.15, -0.1) is 0 Å². The maximum Gasteiger partial charge on any atom is 0.385 e. The topological polar surface area (TPSA) is 232 Å². The molecule has 0 saturated carbocycles. The van der Waals surface area contributed by atoms with E-state index in [-0.39, 0.29) is 17.6 Å². The monoisotopic (exact) mass is 473 g/mol. The maximum atomic E-state index is 11.0. The summed E-state index contributed by atoms with van der Waals surface area (Å²) in [6.45, 7) is 3.47. The predicted molar refractivity (Wildman–Crippen MR) is 106 cm³/mol. The number of hydrogen-bond acceptors (Lipinski definition) is 12. The number of hydrogen-bond donors (Lipinski definition) is 10. The first kappa shape index (κ1) is 25.5. The van der Waals surface area contributed by atoms with Crippen molar-refractivity contribution >= 4 is 12.0 Å². The molecular formula is C20H27NO12. The van der Waals surface area contributed by atoms with Gasteiger partial charge in [0, 0.05) is 19.6 Å². The quantitative estimate of drug-likeness (QED) is 0.164. The van der Waals surface area contributed by atoms with Crippen LogP contribution in [0, 0.1) is 11.8 Å². The van der Waals surface area contributed by atoms with Crippen molar-refractivity contribution in [1.29, 1.82) is 0 Å². The number of aliphatic hydroxyl groups is 9. The van der Waals surface area contributed by atoms with E-state index in [1.54, 1.807) is 0 Å². The SMILES string of the molecule is C[C@H]1Cc2cc(OC(O)(O)C(O)(O)C(O)(O)C(O)(O)O)ccc2C=C1CN1CC(C(=O)O)C1. The van der Waals surface area contributed by atoms with Gasteiger partial charge in [0.2, 0.25) is 0 Å². The molecule has 0 aromatic heterocycles. The minimum Gasteiger partial charge on any atom is -0.481 e. The standard InChI is InChI=1S/C20H27NO12/c1-10-4-12-6-15(33-20(31,32)18(26,27)17(24,25)19(28,29)30)3-2-11(12)5-13(10)7-21-8-14(9-21)16(22)23/h2-3,5-6,10,14,24-32H,4,7-9H2,1H3,(H,22,23)/t10-/m0/s1. The van der Waals surface area contributed by atoms with Crippen molar-refractivity contribution in [3.63, 3.8) is 0 Å². The van der Waals surface area contributed by atoms with Crippen molar-refractivity contribution in [2.75, 3.05) is 19.6 Å². The second-order valence-electron chi connectivity index (χ2n) is 8.60. The zero-order valence-electron chi connectivity index (χ0n) is 17.5. The van der Waals surface area contributed by atoms with Gasteiger partial charge in [-0.1, -0.05) is 24.6 Å². The van der Waals surface area contributed by atoms with Gasteiger partial charge in [0.25, 0.3) is 0 Å². The Morgan fingerprint density at radius 2 is 1.64 bits per heavy atom. The molecule has 1 saturated heterocycles. The highest BCUT2D eigenvalue weighted by Gasteiger charge is 2.72. The van der Waals surface area contributed by atoms with Crippen LogP contribution in [0.2, 0.25) is 0 Å². The van der Waals surface area contributed by atoms with Crippen LogP contribution in [0.15, 0.2) is 23.8 Å². The van der Waals surface area contributed by atoms with Crippen molar-refractivity contribution in [2.24, 2.45) is 11.8 Å². The first-order valence-electron chi connectivity index (χ1n) is 9.95. The van der Waals surface area contributed by atoms with Crippen LogP contribution in [0.25, 0.3) is 6.08 Å². The van der Waals surface area contributed by atoms with Crippen LogP contribution in [0.1, 0.15) is 18.1 Å². The van der Waals surface area contributed by atoms with Crippen LogP contribution in [-0.2, 0) is 11.2 Å². The summed E-state index contributed by atoms with van der Waals surface area (Å²) < 4.78 is 4.67. The molecule has 0 radical (unpaired) electrons. The summed E-state index contributed by atoms with van der Waals surface area (Å²) in [5.41, 5.74) is 2.50. The molecule has 13 heteroatoms. The number of ether oxygens (including phenoxy) is 1. The van der Waals surface area contributed by atoms with E-state index in [0.29, 0.717) is 31.6 Å². The number of nitrogens with zero attached hydrogens (tertiary/aromatic N) is 1. The number of benzene rings is 1. The zero-order chi connectivity index (χ0) is 25.0. The van der Waals surface area contributed by atoms with Gasteiger partial charge < -0.3 is 55.8 Å². The molecule has 184 valence electrons. The van der Waals surface area contributed by atoms with Gasteiger partial charge in [-0.3, -0.25) is 9.69 Å². The van der Waals surface area contributed by atoms with Crippen molar-refractivity contribution in [1.82, 2.24) is 4.90 Å². The highest BCUT2D eigenvalue weighted by Crippen LogP contribution is 2.37. The number of fused-ring (bicyclic) bond motifs is 1. The second-order valence-corrected chi connectivity index (χ2v) is 8.60. The predicted octanol–water partition coefficient (Wildman–Crippen LogP) is -3.71. The van der Waals surface area contributed by atoms with Gasteiger partial charge >= 0.3 is 29.5 Å². The van der Waals surface area contributed by atoms with Crippen LogP contribution in [-0.4, -0.2) is 105 Å². The lowest BCUT2D eigenvalue weighted by molar-refractivity contribution is -0.565. The molecule has 1 aromatic rings. The summed E-state index contributed by atoms with van der Waals surface area (Å²) in [7, 11) is 0. The van der Waals surface area contributed by atoms with Gasteiger partial charge in [-0.05, 0) is 35.6 Å². The molecule has 1 aliphatic carbocycles. The molecule has 2 aliphatic rings. The smallest absolute Gasteiger partial charge is 0.385 e. The molecule has 3 rings (SSSR count). The number of carbonyl (C=O) groups is 1. The fraction of sp³-hybridized carbons (Fsp3) is 0.550. The van der Waals surface area contributed by atoms with Crippen LogP contribution in [0.4, 0.5) is 0 Å². The molecule has 0 spiro atoms. The fourth-order valence-corrected chi connectivity index (χ4v) is 3.78. The molecular weight excluding hydrogens is 446 g/mol. The molecule has 0 bridgehead atoms. The number of carboxylic acids is 1. The number of aliphatic carboxylic acids is 1. The van der Waals surface area contributed by atoms with E-state index in [2.05, 4.69) is 4.74 Å². The zero-order valence-corrected chi connectivity index (χ0v) is 17.5. The molecule has 1 atom stereocenters. The minimum atomic E-state index is -4.67. The number of likely N-dealkylation sites (tertiary alicyclic amines) is 1. The third-order valence-electron chi connectivity index (χ3n) is 6.00. The molecule has 13 nitrogen and oxygen atoms in total. The van der Waals surface area contributed by atoms with E-state index >= 15 is 0 Å².